The third kappa shape index (κ3) is 3.69. The van der Waals surface area contributed by atoms with Crippen LogP contribution in [0, 0.1) is 5.92 Å². The van der Waals surface area contributed by atoms with Crippen molar-refractivity contribution < 1.29 is 23.1 Å². The Kier molecular flexibility index (Phi) is 4.13. The molecule has 0 saturated carbocycles. The minimum atomic E-state index is -3.16. The van der Waals surface area contributed by atoms with Gasteiger partial charge in [0, 0.05) is 25.3 Å². The van der Waals surface area contributed by atoms with Crippen LogP contribution in [-0.2, 0) is 19.4 Å². The van der Waals surface area contributed by atoms with Crippen molar-refractivity contribution in [3.63, 3.8) is 0 Å². The van der Waals surface area contributed by atoms with Crippen LogP contribution in [0.3, 0.4) is 0 Å². The summed E-state index contributed by atoms with van der Waals surface area (Å²) in [6, 6.07) is -0.362. The third-order valence-electron chi connectivity index (χ3n) is 3.08. The van der Waals surface area contributed by atoms with Gasteiger partial charge >= 0.3 is 5.97 Å². The molecule has 2 atom stereocenters. The number of rotatable bonds is 4. The van der Waals surface area contributed by atoms with Crippen LogP contribution >= 0.6 is 0 Å². The number of amides is 1. The van der Waals surface area contributed by atoms with E-state index in [9.17, 15) is 18.0 Å². The summed E-state index contributed by atoms with van der Waals surface area (Å²) >= 11 is 0. The second kappa shape index (κ2) is 5.03. The van der Waals surface area contributed by atoms with Crippen LogP contribution in [0.15, 0.2) is 0 Å². The lowest BCUT2D eigenvalue weighted by molar-refractivity contribution is -0.143. The van der Waals surface area contributed by atoms with Crippen molar-refractivity contribution in [2.24, 2.45) is 5.92 Å². The molecule has 17 heavy (non-hydrogen) atoms. The molecule has 1 amide bonds. The van der Waals surface area contributed by atoms with E-state index in [1.807, 2.05) is 0 Å². The van der Waals surface area contributed by atoms with Gasteiger partial charge in [-0.2, -0.15) is 0 Å². The van der Waals surface area contributed by atoms with Gasteiger partial charge in [-0.25, -0.2) is 8.42 Å². The van der Waals surface area contributed by atoms with Crippen LogP contribution in [0.25, 0.3) is 0 Å². The quantitative estimate of drug-likeness (QED) is 0.754. The van der Waals surface area contributed by atoms with Gasteiger partial charge < -0.3 is 10.0 Å². The topological polar surface area (TPSA) is 91.8 Å². The van der Waals surface area contributed by atoms with E-state index in [4.69, 9.17) is 5.11 Å². The monoisotopic (exact) mass is 263 g/mol. The van der Waals surface area contributed by atoms with Crippen LogP contribution in [0.1, 0.15) is 19.8 Å². The maximum Gasteiger partial charge on any atom is 0.308 e. The predicted molar refractivity (Wildman–Crippen MR) is 61.2 cm³/mol. The SMILES string of the molecule is CC1C(C(=O)O)CCN1C(=O)CCS(C)(=O)=O. The van der Waals surface area contributed by atoms with Crippen LogP contribution < -0.4 is 0 Å². The highest BCUT2D eigenvalue weighted by molar-refractivity contribution is 7.90. The zero-order chi connectivity index (χ0) is 13.2. The normalized spacial score (nSPS) is 24.9. The molecule has 2 unspecified atom stereocenters. The summed E-state index contributed by atoms with van der Waals surface area (Å²) in [5.74, 6) is -1.92. The van der Waals surface area contributed by atoms with Crippen LogP contribution in [0.2, 0.25) is 0 Å². The second-order valence-corrected chi connectivity index (χ2v) is 6.70. The van der Waals surface area contributed by atoms with E-state index in [2.05, 4.69) is 0 Å². The lowest BCUT2D eigenvalue weighted by Gasteiger charge is -2.23. The molecule has 1 aliphatic rings. The van der Waals surface area contributed by atoms with Crippen molar-refractivity contribution >= 4 is 21.7 Å². The average Bonchev–Trinajstić information content (AvgIpc) is 2.55. The van der Waals surface area contributed by atoms with Crippen molar-refractivity contribution in [1.82, 2.24) is 4.90 Å². The Hall–Kier alpha value is -1.11. The van der Waals surface area contributed by atoms with Gasteiger partial charge in [0.25, 0.3) is 0 Å². The third-order valence-corrected chi connectivity index (χ3v) is 4.02. The first-order valence-electron chi connectivity index (χ1n) is 5.42. The van der Waals surface area contributed by atoms with E-state index in [1.165, 1.54) is 4.90 Å². The number of carbonyl (C=O) groups is 2. The molecule has 0 aliphatic carbocycles. The Morgan fingerprint density at radius 1 is 1.41 bits per heavy atom. The summed E-state index contributed by atoms with van der Waals surface area (Å²) < 4.78 is 21.9. The summed E-state index contributed by atoms with van der Waals surface area (Å²) in [5, 5.41) is 8.91. The van der Waals surface area contributed by atoms with Crippen molar-refractivity contribution in [3.8, 4) is 0 Å². The molecule has 1 aliphatic heterocycles. The zero-order valence-electron chi connectivity index (χ0n) is 9.92. The Bertz CT molecular complexity index is 416. The van der Waals surface area contributed by atoms with E-state index >= 15 is 0 Å². The molecule has 0 aromatic carbocycles. The maximum absolute atomic E-state index is 11.7. The predicted octanol–water partition coefficient (Wildman–Crippen LogP) is -0.257. The number of carbonyl (C=O) groups excluding carboxylic acids is 1. The van der Waals surface area contributed by atoms with Gasteiger partial charge in [-0.1, -0.05) is 0 Å². The number of aliphatic carboxylic acids is 1. The second-order valence-electron chi connectivity index (χ2n) is 4.44. The van der Waals surface area contributed by atoms with Crippen molar-refractivity contribution in [1.29, 1.82) is 0 Å². The van der Waals surface area contributed by atoms with Gasteiger partial charge in [0.05, 0.1) is 11.7 Å². The molecule has 0 bridgehead atoms. The molecule has 1 heterocycles. The first-order valence-corrected chi connectivity index (χ1v) is 7.48. The minimum absolute atomic E-state index is 0.0739. The smallest absolute Gasteiger partial charge is 0.308 e. The van der Waals surface area contributed by atoms with Gasteiger partial charge in [-0.15, -0.1) is 0 Å². The largest absolute Gasteiger partial charge is 0.481 e. The Labute approximate surface area is 101 Å². The van der Waals surface area contributed by atoms with E-state index in [1.54, 1.807) is 6.92 Å². The summed E-state index contributed by atoms with van der Waals surface area (Å²) in [5.41, 5.74) is 0. The van der Waals surface area contributed by atoms with E-state index in [0.29, 0.717) is 13.0 Å². The molecule has 0 spiro atoms. The molecule has 1 saturated heterocycles. The number of likely N-dealkylation sites (tertiary alicyclic amines) is 1. The van der Waals surface area contributed by atoms with Crippen LogP contribution in [-0.4, -0.2) is 54.9 Å². The fourth-order valence-electron chi connectivity index (χ4n) is 2.04. The van der Waals surface area contributed by atoms with Gasteiger partial charge in [0.2, 0.25) is 5.91 Å². The standard InChI is InChI=1S/C10H17NO5S/c1-7-8(10(13)14)3-5-11(7)9(12)4-6-17(2,15)16/h7-8H,3-6H2,1-2H3,(H,13,14). The molecule has 1 fully saturated rings. The maximum atomic E-state index is 11.7. The molecule has 0 aromatic heterocycles. The van der Waals surface area contributed by atoms with Crippen molar-refractivity contribution in [2.75, 3.05) is 18.6 Å². The van der Waals surface area contributed by atoms with Crippen LogP contribution in [0.4, 0.5) is 0 Å². The van der Waals surface area contributed by atoms with Crippen molar-refractivity contribution in [3.05, 3.63) is 0 Å². The van der Waals surface area contributed by atoms with Gasteiger partial charge in [0.1, 0.15) is 9.84 Å². The van der Waals surface area contributed by atoms with Gasteiger partial charge in [-0.05, 0) is 13.3 Å². The summed E-state index contributed by atoms with van der Waals surface area (Å²) in [4.78, 5) is 24.1. The van der Waals surface area contributed by atoms with E-state index < -0.39 is 21.7 Å². The molecule has 7 heteroatoms. The molecule has 6 nitrogen and oxygen atoms in total. The fraction of sp³-hybridized carbons (Fsp3) is 0.800. The Morgan fingerprint density at radius 3 is 2.41 bits per heavy atom. The summed E-state index contributed by atoms with van der Waals surface area (Å²) in [7, 11) is -3.16. The molecule has 1 N–H and O–H groups in total. The molecule has 0 aromatic rings. The first-order chi connectivity index (χ1) is 7.72. The van der Waals surface area contributed by atoms with Crippen LogP contribution in [0.5, 0.6) is 0 Å². The number of carboxylic acid groups (broad SMARTS) is 1. The first kappa shape index (κ1) is 14.0. The number of carboxylic acids is 1. The lowest BCUT2D eigenvalue weighted by Crippen LogP contribution is -2.38. The Morgan fingerprint density at radius 2 is 2.00 bits per heavy atom. The van der Waals surface area contributed by atoms with E-state index in [0.717, 1.165) is 6.26 Å². The highest BCUT2D eigenvalue weighted by Gasteiger charge is 2.37. The molecular formula is C10H17NO5S. The molecule has 98 valence electrons. The van der Waals surface area contributed by atoms with Gasteiger partial charge in [-0.3, -0.25) is 9.59 Å². The minimum Gasteiger partial charge on any atom is -0.481 e. The number of hydrogen-bond donors (Lipinski definition) is 1. The Balaban J connectivity index is 2.58. The van der Waals surface area contributed by atoms with Crippen molar-refractivity contribution in [2.45, 2.75) is 25.8 Å². The average molecular weight is 263 g/mol. The van der Waals surface area contributed by atoms with Gasteiger partial charge in [0.15, 0.2) is 0 Å². The number of nitrogens with zero attached hydrogens (tertiary/aromatic N) is 1. The zero-order valence-corrected chi connectivity index (χ0v) is 10.7. The number of sulfone groups is 1. The highest BCUT2D eigenvalue weighted by atomic mass is 32.2. The summed E-state index contributed by atoms with van der Waals surface area (Å²) in [6.45, 7) is 2.07. The molecule has 1 rings (SSSR count). The summed E-state index contributed by atoms with van der Waals surface area (Å²) in [6.07, 6.45) is 1.43. The fourth-order valence-corrected chi connectivity index (χ4v) is 2.58. The molecule has 0 radical (unpaired) electrons. The lowest BCUT2D eigenvalue weighted by atomic mass is 10.0. The van der Waals surface area contributed by atoms with E-state index in [-0.39, 0.29) is 24.1 Å². The highest BCUT2D eigenvalue weighted by Crippen LogP contribution is 2.24. The molecular weight excluding hydrogens is 246 g/mol. The number of hydrogen-bond acceptors (Lipinski definition) is 4.